The van der Waals surface area contributed by atoms with Gasteiger partial charge in [0.05, 0.1) is 4.47 Å². The van der Waals surface area contributed by atoms with Crippen molar-refractivity contribution in [1.29, 1.82) is 0 Å². The molecule has 2 rings (SSSR count). The molecule has 2 aromatic heterocycles. The van der Waals surface area contributed by atoms with E-state index >= 15 is 0 Å². The first-order valence-electron chi connectivity index (χ1n) is 5.91. The Hall–Kier alpha value is -1.43. The van der Waals surface area contributed by atoms with Crippen molar-refractivity contribution in [3.63, 3.8) is 0 Å². The van der Waals surface area contributed by atoms with Gasteiger partial charge in [-0.15, -0.1) is 0 Å². The van der Waals surface area contributed by atoms with Crippen molar-refractivity contribution in [2.24, 2.45) is 5.92 Å². The Morgan fingerprint density at radius 3 is 2.72 bits per heavy atom. The zero-order chi connectivity index (χ0) is 13.0. The summed E-state index contributed by atoms with van der Waals surface area (Å²) in [6, 6.07) is 1.92. The van der Waals surface area contributed by atoms with E-state index in [0.29, 0.717) is 11.9 Å². The lowest BCUT2D eigenvalue weighted by molar-refractivity contribution is 0.488. The van der Waals surface area contributed by atoms with Crippen LogP contribution in [0.25, 0.3) is 0 Å². The molecule has 0 aliphatic rings. The van der Waals surface area contributed by atoms with Gasteiger partial charge in [-0.05, 0) is 28.3 Å². The summed E-state index contributed by atoms with van der Waals surface area (Å²) < 4.78 is 2.79. The summed E-state index contributed by atoms with van der Waals surface area (Å²) in [5.74, 6) is 1.99. The second-order valence-electron chi connectivity index (χ2n) is 4.50. The third-order valence-electron chi connectivity index (χ3n) is 2.44. The monoisotopic (exact) mass is 309 g/mol. The van der Waals surface area contributed by atoms with Crippen molar-refractivity contribution >= 4 is 27.7 Å². The molecule has 0 radical (unpaired) electrons. The van der Waals surface area contributed by atoms with Gasteiger partial charge in [-0.3, -0.25) is 4.68 Å². The van der Waals surface area contributed by atoms with Crippen LogP contribution in [0.1, 0.15) is 20.3 Å². The molecule has 5 nitrogen and oxygen atoms in total. The molecule has 0 aliphatic heterocycles. The molecule has 0 aliphatic carbocycles. The maximum absolute atomic E-state index is 4.41. The van der Waals surface area contributed by atoms with Crippen LogP contribution in [0.2, 0.25) is 0 Å². The van der Waals surface area contributed by atoms with E-state index in [1.165, 1.54) is 0 Å². The number of hydrogen-bond acceptors (Lipinski definition) is 4. The molecule has 0 saturated heterocycles. The van der Waals surface area contributed by atoms with E-state index in [9.17, 15) is 0 Å². The van der Waals surface area contributed by atoms with Gasteiger partial charge >= 0.3 is 0 Å². The Kier molecular flexibility index (Phi) is 4.30. The molecule has 0 fully saturated rings. The van der Waals surface area contributed by atoms with Crippen molar-refractivity contribution in [2.75, 3.05) is 5.32 Å². The second kappa shape index (κ2) is 5.95. The highest BCUT2D eigenvalue weighted by atomic mass is 79.9. The molecule has 0 amide bonds. The van der Waals surface area contributed by atoms with Crippen molar-refractivity contribution in [2.45, 2.75) is 26.8 Å². The maximum Gasteiger partial charge on any atom is 0.228 e. The zero-order valence-electron chi connectivity index (χ0n) is 10.5. The zero-order valence-corrected chi connectivity index (χ0v) is 12.1. The molecule has 0 bridgehead atoms. The second-order valence-corrected chi connectivity index (χ2v) is 5.41. The van der Waals surface area contributed by atoms with Gasteiger partial charge in [-0.1, -0.05) is 13.8 Å². The Labute approximate surface area is 115 Å². The van der Waals surface area contributed by atoms with Gasteiger partial charge in [-0.2, -0.15) is 5.10 Å². The SMILES string of the molecule is CC(C)CCn1ccc(Nc2ncc(Br)cn2)n1. The first kappa shape index (κ1) is 13.0. The lowest BCUT2D eigenvalue weighted by atomic mass is 10.1. The first-order valence-corrected chi connectivity index (χ1v) is 6.71. The smallest absolute Gasteiger partial charge is 0.228 e. The van der Waals surface area contributed by atoms with E-state index in [1.54, 1.807) is 12.4 Å². The summed E-state index contributed by atoms with van der Waals surface area (Å²) in [4.78, 5) is 8.28. The summed E-state index contributed by atoms with van der Waals surface area (Å²) in [6.07, 6.45) is 6.48. The Balaban J connectivity index is 1.95. The summed E-state index contributed by atoms with van der Waals surface area (Å²) in [5.41, 5.74) is 0. The van der Waals surface area contributed by atoms with Gasteiger partial charge < -0.3 is 5.32 Å². The van der Waals surface area contributed by atoms with Crippen LogP contribution >= 0.6 is 15.9 Å². The fourth-order valence-corrected chi connectivity index (χ4v) is 1.64. The van der Waals surface area contributed by atoms with Crippen LogP contribution in [0.3, 0.4) is 0 Å². The van der Waals surface area contributed by atoms with E-state index in [4.69, 9.17) is 0 Å². The number of nitrogens with one attached hydrogen (secondary N) is 1. The first-order chi connectivity index (χ1) is 8.63. The third-order valence-corrected chi connectivity index (χ3v) is 2.85. The molecule has 96 valence electrons. The average molecular weight is 310 g/mol. The lowest BCUT2D eigenvalue weighted by Crippen LogP contribution is -2.03. The molecule has 1 N–H and O–H groups in total. The maximum atomic E-state index is 4.41. The van der Waals surface area contributed by atoms with Crippen LogP contribution < -0.4 is 5.32 Å². The van der Waals surface area contributed by atoms with Crippen LogP contribution in [-0.4, -0.2) is 19.7 Å². The van der Waals surface area contributed by atoms with E-state index in [2.05, 4.69) is 50.2 Å². The van der Waals surface area contributed by atoms with Crippen molar-refractivity contribution in [3.05, 3.63) is 29.1 Å². The predicted molar refractivity (Wildman–Crippen MR) is 74.7 cm³/mol. The number of hydrogen-bond donors (Lipinski definition) is 1. The van der Waals surface area contributed by atoms with E-state index in [-0.39, 0.29) is 0 Å². The van der Waals surface area contributed by atoms with Gasteiger partial charge in [0.25, 0.3) is 0 Å². The number of rotatable bonds is 5. The van der Waals surface area contributed by atoms with Gasteiger partial charge in [0, 0.05) is 31.2 Å². The minimum atomic E-state index is 0.548. The molecule has 0 spiro atoms. The standard InChI is InChI=1S/C12H16BrN5/c1-9(2)3-5-18-6-4-11(17-18)16-12-14-7-10(13)8-15-12/h4,6-9H,3,5H2,1-2H3,(H,14,15,16,17). The quantitative estimate of drug-likeness (QED) is 0.921. The normalized spacial score (nSPS) is 10.9. The fraction of sp³-hybridized carbons (Fsp3) is 0.417. The van der Waals surface area contributed by atoms with Gasteiger partial charge in [-0.25, -0.2) is 9.97 Å². The van der Waals surface area contributed by atoms with Crippen LogP contribution in [-0.2, 0) is 6.54 Å². The summed E-state index contributed by atoms with van der Waals surface area (Å²) in [7, 11) is 0. The van der Waals surface area contributed by atoms with Crippen LogP contribution in [0.15, 0.2) is 29.1 Å². The number of aromatic nitrogens is 4. The average Bonchev–Trinajstić information content (AvgIpc) is 2.77. The number of halogens is 1. The lowest BCUT2D eigenvalue weighted by Gasteiger charge is -2.04. The topological polar surface area (TPSA) is 55.6 Å². The summed E-state index contributed by atoms with van der Waals surface area (Å²) >= 11 is 3.30. The molecule has 6 heteroatoms. The summed E-state index contributed by atoms with van der Waals surface area (Å²) in [5, 5.41) is 7.48. The van der Waals surface area contributed by atoms with E-state index < -0.39 is 0 Å². The largest absolute Gasteiger partial charge is 0.307 e. The van der Waals surface area contributed by atoms with Crippen molar-refractivity contribution in [3.8, 4) is 0 Å². The molecule has 2 aromatic rings. The molecule has 0 unspecified atom stereocenters. The molecule has 0 saturated carbocycles. The van der Waals surface area contributed by atoms with Gasteiger partial charge in [0.15, 0.2) is 5.82 Å². The van der Waals surface area contributed by atoms with E-state index in [0.717, 1.165) is 23.3 Å². The van der Waals surface area contributed by atoms with Crippen molar-refractivity contribution in [1.82, 2.24) is 19.7 Å². The highest BCUT2D eigenvalue weighted by Gasteiger charge is 2.02. The summed E-state index contributed by atoms with van der Waals surface area (Å²) in [6.45, 7) is 5.34. The molecule has 0 atom stereocenters. The molecule has 2 heterocycles. The number of aryl methyl sites for hydroxylation is 1. The molecular weight excluding hydrogens is 294 g/mol. The van der Waals surface area contributed by atoms with E-state index in [1.807, 2.05) is 16.9 Å². The van der Waals surface area contributed by atoms with Gasteiger partial charge in [0.2, 0.25) is 5.95 Å². The Morgan fingerprint density at radius 2 is 2.06 bits per heavy atom. The third kappa shape index (κ3) is 3.80. The Morgan fingerprint density at radius 1 is 1.33 bits per heavy atom. The highest BCUT2D eigenvalue weighted by molar-refractivity contribution is 9.10. The number of anilines is 2. The predicted octanol–water partition coefficient (Wildman–Crippen LogP) is 3.23. The Bertz CT molecular complexity index is 491. The van der Waals surface area contributed by atoms with Crippen molar-refractivity contribution < 1.29 is 0 Å². The molecule has 0 aromatic carbocycles. The molecular formula is C12H16BrN5. The van der Waals surface area contributed by atoms with Crippen LogP contribution in [0.4, 0.5) is 11.8 Å². The fourth-order valence-electron chi connectivity index (χ4n) is 1.43. The molecule has 18 heavy (non-hydrogen) atoms. The van der Waals surface area contributed by atoms with Crippen LogP contribution in [0.5, 0.6) is 0 Å². The highest BCUT2D eigenvalue weighted by Crippen LogP contribution is 2.12. The minimum absolute atomic E-state index is 0.548. The van der Waals surface area contributed by atoms with Crippen LogP contribution in [0, 0.1) is 5.92 Å². The minimum Gasteiger partial charge on any atom is -0.307 e. The number of nitrogens with zero attached hydrogens (tertiary/aromatic N) is 4. The van der Waals surface area contributed by atoms with Gasteiger partial charge in [0.1, 0.15) is 0 Å².